The van der Waals surface area contributed by atoms with Gasteiger partial charge in [-0.05, 0) is 30.7 Å². The summed E-state index contributed by atoms with van der Waals surface area (Å²) in [5.41, 5.74) is 2.47. The van der Waals surface area contributed by atoms with Crippen molar-refractivity contribution in [2.75, 3.05) is 11.9 Å². The Morgan fingerprint density at radius 2 is 1.59 bits per heavy atom. The van der Waals surface area contributed by atoms with Crippen LogP contribution in [0, 0.1) is 10.1 Å². The van der Waals surface area contributed by atoms with Gasteiger partial charge in [-0.15, -0.1) is 0 Å². The van der Waals surface area contributed by atoms with E-state index in [-0.39, 0.29) is 24.2 Å². The molecule has 0 fully saturated rings. The minimum absolute atomic E-state index is 0.0141. The summed E-state index contributed by atoms with van der Waals surface area (Å²) in [5.74, 6) is -1.61. The van der Waals surface area contributed by atoms with Gasteiger partial charge < -0.3 is 15.4 Å². The van der Waals surface area contributed by atoms with Crippen molar-refractivity contribution in [2.45, 2.75) is 19.4 Å². The van der Waals surface area contributed by atoms with Gasteiger partial charge in [0.1, 0.15) is 0 Å². The smallest absolute Gasteiger partial charge is 0.308 e. The Hall–Kier alpha value is -4.53. The van der Waals surface area contributed by atoms with Crippen LogP contribution in [-0.4, -0.2) is 35.4 Å². The maximum Gasteiger partial charge on any atom is 0.308 e. The number of anilines is 1. The van der Waals surface area contributed by atoms with Gasteiger partial charge in [0, 0.05) is 35.5 Å². The van der Waals surface area contributed by atoms with Gasteiger partial charge >= 0.3 is 5.97 Å². The van der Waals surface area contributed by atoms with E-state index in [4.69, 9.17) is 4.74 Å². The second-order valence-electron chi connectivity index (χ2n) is 7.34. The number of rotatable bonds is 9. The van der Waals surface area contributed by atoms with Crippen LogP contribution in [0.1, 0.15) is 23.7 Å². The molecule has 0 saturated carbocycles. The number of nitro benzene ring substituents is 1. The molecule has 0 heterocycles. The Balaban J connectivity index is 1.48. The van der Waals surface area contributed by atoms with Crippen molar-refractivity contribution in [3.8, 4) is 11.1 Å². The molecule has 3 aromatic carbocycles. The molecule has 0 aliphatic carbocycles. The Morgan fingerprint density at radius 3 is 2.26 bits per heavy atom. The molecule has 0 bridgehead atoms. The molecule has 9 heteroatoms. The van der Waals surface area contributed by atoms with Gasteiger partial charge in [0.25, 0.3) is 17.5 Å². The number of non-ortho nitro benzene ring substituents is 1. The van der Waals surface area contributed by atoms with Crippen molar-refractivity contribution >= 4 is 29.2 Å². The number of para-hydroxylation sites is 1. The maximum absolute atomic E-state index is 12.6. The summed E-state index contributed by atoms with van der Waals surface area (Å²) in [6.45, 7) is 1.45. The molecule has 0 aliphatic rings. The molecular weight excluding hydrogens is 438 g/mol. The number of ether oxygens (including phenoxy) is 1. The molecule has 34 heavy (non-hydrogen) atoms. The molecule has 0 saturated heterocycles. The third-order valence-electron chi connectivity index (χ3n) is 4.90. The minimum Gasteiger partial charge on any atom is -0.452 e. The Bertz CT molecular complexity index is 1180. The lowest BCUT2D eigenvalue weighted by Gasteiger charge is -2.16. The van der Waals surface area contributed by atoms with Gasteiger partial charge in [-0.2, -0.15) is 0 Å². The van der Waals surface area contributed by atoms with E-state index >= 15 is 0 Å². The number of nitrogens with zero attached hydrogens (tertiary/aromatic N) is 1. The summed E-state index contributed by atoms with van der Waals surface area (Å²) in [6.07, 6.45) is -1.18. The van der Waals surface area contributed by atoms with Gasteiger partial charge in [0.15, 0.2) is 6.10 Å². The Kier molecular flexibility index (Phi) is 8.07. The number of esters is 1. The molecule has 3 aromatic rings. The van der Waals surface area contributed by atoms with E-state index in [9.17, 15) is 24.5 Å². The molecule has 1 atom stereocenters. The lowest BCUT2D eigenvalue weighted by atomic mass is 10.0. The summed E-state index contributed by atoms with van der Waals surface area (Å²) in [7, 11) is 0. The first kappa shape index (κ1) is 24.1. The van der Waals surface area contributed by atoms with Crippen LogP contribution in [-0.2, 0) is 14.3 Å². The zero-order chi connectivity index (χ0) is 24.5. The number of amides is 2. The van der Waals surface area contributed by atoms with Crippen LogP contribution in [0.3, 0.4) is 0 Å². The number of hydrogen-bond acceptors (Lipinski definition) is 6. The van der Waals surface area contributed by atoms with Crippen molar-refractivity contribution in [3.05, 3.63) is 94.5 Å². The van der Waals surface area contributed by atoms with Gasteiger partial charge in [-0.3, -0.25) is 24.5 Å². The average Bonchev–Trinajstić information content (AvgIpc) is 2.84. The molecule has 1 unspecified atom stereocenters. The predicted molar refractivity (Wildman–Crippen MR) is 126 cm³/mol. The lowest BCUT2D eigenvalue weighted by molar-refractivity contribution is -0.384. The summed E-state index contributed by atoms with van der Waals surface area (Å²) >= 11 is 0. The first-order valence-corrected chi connectivity index (χ1v) is 10.5. The van der Waals surface area contributed by atoms with E-state index in [0.29, 0.717) is 5.69 Å². The average molecular weight is 461 g/mol. The topological polar surface area (TPSA) is 128 Å². The quantitative estimate of drug-likeness (QED) is 0.282. The SMILES string of the molecule is CC(OC(=O)CCNC(=O)c1ccc([N+](=O)[O-])cc1)C(=O)Nc1ccccc1-c1ccccc1. The van der Waals surface area contributed by atoms with Gasteiger partial charge in [-0.25, -0.2) is 0 Å². The summed E-state index contributed by atoms with van der Waals surface area (Å²) in [6, 6.07) is 22.0. The molecule has 0 radical (unpaired) electrons. The van der Waals surface area contributed by atoms with E-state index in [1.807, 2.05) is 42.5 Å². The van der Waals surface area contributed by atoms with Gasteiger partial charge in [0.2, 0.25) is 0 Å². The Labute approximate surface area is 195 Å². The van der Waals surface area contributed by atoms with Crippen LogP contribution in [0.25, 0.3) is 11.1 Å². The van der Waals surface area contributed by atoms with Crippen LogP contribution in [0.15, 0.2) is 78.9 Å². The highest BCUT2D eigenvalue weighted by Crippen LogP contribution is 2.27. The van der Waals surface area contributed by atoms with Crippen LogP contribution >= 0.6 is 0 Å². The minimum atomic E-state index is -1.04. The highest BCUT2D eigenvalue weighted by Gasteiger charge is 2.19. The molecule has 0 spiro atoms. The molecule has 9 nitrogen and oxygen atoms in total. The predicted octanol–water partition coefficient (Wildman–Crippen LogP) is 3.95. The van der Waals surface area contributed by atoms with E-state index in [0.717, 1.165) is 11.1 Å². The third-order valence-corrected chi connectivity index (χ3v) is 4.90. The van der Waals surface area contributed by atoms with Gasteiger partial charge in [-0.1, -0.05) is 48.5 Å². The number of nitrogens with one attached hydrogen (secondary N) is 2. The van der Waals surface area contributed by atoms with Crippen molar-refractivity contribution in [2.24, 2.45) is 0 Å². The van der Waals surface area contributed by atoms with Crippen molar-refractivity contribution in [1.82, 2.24) is 5.32 Å². The second kappa shape index (κ2) is 11.4. The molecule has 3 rings (SSSR count). The normalized spacial score (nSPS) is 11.2. The zero-order valence-corrected chi connectivity index (χ0v) is 18.4. The van der Waals surface area contributed by atoms with E-state index in [2.05, 4.69) is 10.6 Å². The van der Waals surface area contributed by atoms with Crippen molar-refractivity contribution < 1.29 is 24.0 Å². The standard InChI is InChI=1S/C25H23N3O6/c1-17(24(30)27-22-10-6-5-9-21(22)18-7-3-2-4-8-18)34-23(29)15-16-26-25(31)19-11-13-20(14-12-19)28(32)33/h2-14,17H,15-16H2,1H3,(H,26,31)(H,27,30). The molecule has 0 aromatic heterocycles. The van der Waals surface area contributed by atoms with Crippen molar-refractivity contribution in [1.29, 1.82) is 0 Å². The van der Waals surface area contributed by atoms with Gasteiger partial charge in [0.05, 0.1) is 11.3 Å². The fourth-order valence-electron chi connectivity index (χ4n) is 3.12. The molecule has 174 valence electrons. The maximum atomic E-state index is 12.6. The number of benzene rings is 3. The van der Waals surface area contributed by atoms with Crippen LogP contribution in [0.2, 0.25) is 0 Å². The molecule has 2 amide bonds. The summed E-state index contributed by atoms with van der Waals surface area (Å²) < 4.78 is 5.18. The lowest BCUT2D eigenvalue weighted by Crippen LogP contribution is -2.32. The number of hydrogen-bond donors (Lipinski definition) is 2. The van der Waals surface area contributed by atoms with Crippen LogP contribution in [0.5, 0.6) is 0 Å². The monoisotopic (exact) mass is 461 g/mol. The van der Waals surface area contributed by atoms with Crippen LogP contribution < -0.4 is 10.6 Å². The number of nitro groups is 1. The van der Waals surface area contributed by atoms with Crippen LogP contribution in [0.4, 0.5) is 11.4 Å². The van der Waals surface area contributed by atoms with Crippen molar-refractivity contribution in [3.63, 3.8) is 0 Å². The fraction of sp³-hybridized carbons (Fsp3) is 0.160. The third kappa shape index (κ3) is 6.49. The zero-order valence-electron chi connectivity index (χ0n) is 18.4. The fourth-order valence-corrected chi connectivity index (χ4v) is 3.12. The highest BCUT2D eigenvalue weighted by atomic mass is 16.6. The first-order valence-electron chi connectivity index (χ1n) is 10.5. The number of carbonyl (C=O) groups excluding carboxylic acids is 3. The first-order chi connectivity index (χ1) is 16.3. The largest absolute Gasteiger partial charge is 0.452 e. The van der Waals surface area contributed by atoms with E-state index in [1.165, 1.54) is 31.2 Å². The van der Waals surface area contributed by atoms with E-state index < -0.39 is 28.8 Å². The number of carbonyl (C=O) groups is 3. The molecule has 2 N–H and O–H groups in total. The summed E-state index contributed by atoms with van der Waals surface area (Å²) in [5, 5.41) is 16.0. The summed E-state index contributed by atoms with van der Waals surface area (Å²) in [4.78, 5) is 46.9. The highest BCUT2D eigenvalue weighted by molar-refractivity contribution is 5.98. The molecular formula is C25H23N3O6. The van der Waals surface area contributed by atoms with E-state index in [1.54, 1.807) is 12.1 Å². The Morgan fingerprint density at radius 1 is 0.941 bits per heavy atom. The molecule has 0 aliphatic heterocycles. The second-order valence-corrected chi connectivity index (χ2v) is 7.34.